The molecule has 0 saturated heterocycles. The van der Waals surface area contributed by atoms with Crippen LogP contribution in [0.2, 0.25) is 0 Å². The maximum atomic E-state index is 11.7. The zero-order valence-corrected chi connectivity index (χ0v) is 14.1. The summed E-state index contributed by atoms with van der Waals surface area (Å²) in [6.45, 7) is 6.93. The predicted molar refractivity (Wildman–Crippen MR) is 88.4 cm³/mol. The molecule has 0 radical (unpaired) electrons. The molecule has 0 atom stereocenters. The van der Waals surface area contributed by atoms with Gasteiger partial charge in [-0.15, -0.1) is 0 Å². The zero-order chi connectivity index (χ0) is 17.7. The summed E-state index contributed by atoms with van der Waals surface area (Å²) >= 11 is 0. The average molecular weight is 332 g/mol. The predicted octanol–water partition coefficient (Wildman–Crippen LogP) is 4.69. The first-order valence-electron chi connectivity index (χ1n) is 7.65. The molecule has 0 fully saturated rings. The molecule has 2 rings (SSSR count). The lowest BCUT2D eigenvalue weighted by Gasteiger charge is -2.13. The van der Waals surface area contributed by atoms with Crippen LogP contribution < -0.4 is 9.47 Å². The van der Waals surface area contributed by atoms with Crippen molar-refractivity contribution in [1.29, 1.82) is 0 Å². The van der Waals surface area contributed by atoms with Gasteiger partial charge < -0.3 is 18.9 Å². The van der Waals surface area contributed by atoms with Crippen molar-refractivity contribution >= 4 is 23.1 Å². The third-order valence-corrected chi connectivity index (χ3v) is 2.89. The molecule has 0 spiro atoms. The summed E-state index contributed by atoms with van der Waals surface area (Å²) in [7, 11) is 0. The minimum Gasteiger partial charge on any atom is -0.431 e. The van der Waals surface area contributed by atoms with E-state index in [2.05, 4.69) is 0 Å². The second-order valence-electron chi connectivity index (χ2n) is 5.64. The van der Waals surface area contributed by atoms with Gasteiger partial charge in [-0.25, -0.2) is 9.59 Å². The zero-order valence-electron chi connectivity index (χ0n) is 14.1. The van der Waals surface area contributed by atoms with Gasteiger partial charge in [-0.05, 0) is 39.8 Å². The van der Waals surface area contributed by atoms with Gasteiger partial charge in [-0.2, -0.15) is 0 Å². The van der Waals surface area contributed by atoms with Crippen LogP contribution in [-0.4, -0.2) is 24.5 Å². The molecule has 6 heteroatoms. The molecule has 0 amide bonds. The SMILES string of the molecule is CC(C)OC(=O)Oc1ccc(OC(=O)OC(C)C)c2ccccc12. The van der Waals surface area contributed by atoms with E-state index < -0.39 is 12.3 Å². The Morgan fingerprint density at radius 3 is 1.42 bits per heavy atom. The van der Waals surface area contributed by atoms with Crippen LogP contribution in [0.15, 0.2) is 36.4 Å². The summed E-state index contributed by atoms with van der Waals surface area (Å²) in [5.41, 5.74) is 0. The van der Waals surface area contributed by atoms with Gasteiger partial charge in [-0.3, -0.25) is 0 Å². The van der Waals surface area contributed by atoms with E-state index >= 15 is 0 Å². The van der Waals surface area contributed by atoms with Crippen LogP contribution in [0, 0.1) is 0 Å². The molecule has 0 aliphatic heterocycles. The van der Waals surface area contributed by atoms with Crippen molar-refractivity contribution in [3.05, 3.63) is 36.4 Å². The first-order valence-corrected chi connectivity index (χ1v) is 7.65. The third kappa shape index (κ3) is 4.62. The average Bonchev–Trinajstić information content (AvgIpc) is 2.48. The number of hydrogen-bond donors (Lipinski definition) is 0. The minimum atomic E-state index is -0.789. The molecule has 0 heterocycles. The number of fused-ring (bicyclic) bond motifs is 1. The number of hydrogen-bond acceptors (Lipinski definition) is 6. The van der Waals surface area contributed by atoms with Gasteiger partial charge in [0.05, 0.1) is 12.2 Å². The van der Waals surface area contributed by atoms with Crippen molar-refractivity contribution in [2.75, 3.05) is 0 Å². The lowest BCUT2D eigenvalue weighted by atomic mass is 10.1. The number of carbonyl (C=O) groups excluding carboxylic acids is 2. The fourth-order valence-corrected chi connectivity index (χ4v) is 2.03. The maximum absolute atomic E-state index is 11.7. The Bertz CT molecular complexity index is 673. The lowest BCUT2D eigenvalue weighted by Crippen LogP contribution is -2.16. The van der Waals surface area contributed by atoms with Gasteiger partial charge in [0.15, 0.2) is 0 Å². The van der Waals surface area contributed by atoms with Crippen molar-refractivity contribution in [3.8, 4) is 11.5 Å². The molecule has 24 heavy (non-hydrogen) atoms. The van der Waals surface area contributed by atoms with Crippen LogP contribution in [0.5, 0.6) is 11.5 Å². The van der Waals surface area contributed by atoms with Crippen LogP contribution >= 0.6 is 0 Å². The minimum absolute atomic E-state index is 0.280. The van der Waals surface area contributed by atoms with Crippen molar-refractivity contribution in [2.24, 2.45) is 0 Å². The summed E-state index contributed by atoms with van der Waals surface area (Å²) in [5, 5.41) is 1.24. The highest BCUT2D eigenvalue weighted by molar-refractivity contribution is 5.95. The Kier molecular flexibility index (Phi) is 5.63. The lowest BCUT2D eigenvalue weighted by molar-refractivity contribution is 0.0713. The second-order valence-corrected chi connectivity index (χ2v) is 5.64. The molecule has 0 N–H and O–H groups in total. The third-order valence-electron chi connectivity index (χ3n) is 2.89. The maximum Gasteiger partial charge on any atom is 0.514 e. The summed E-state index contributed by atoms with van der Waals surface area (Å²) in [6.07, 6.45) is -2.14. The van der Waals surface area contributed by atoms with Gasteiger partial charge in [0, 0.05) is 10.8 Å². The Morgan fingerprint density at radius 2 is 1.08 bits per heavy atom. The van der Waals surface area contributed by atoms with Crippen LogP contribution in [0.4, 0.5) is 9.59 Å². The Hall–Kier alpha value is -2.76. The first kappa shape index (κ1) is 17.6. The molecular weight excluding hydrogens is 312 g/mol. The normalized spacial score (nSPS) is 10.8. The van der Waals surface area contributed by atoms with E-state index in [4.69, 9.17) is 18.9 Å². The monoisotopic (exact) mass is 332 g/mol. The summed E-state index contributed by atoms with van der Waals surface area (Å²) < 4.78 is 20.4. The molecule has 0 aromatic heterocycles. The van der Waals surface area contributed by atoms with Gasteiger partial charge >= 0.3 is 12.3 Å². The first-order chi connectivity index (χ1) is 11.4. The molecule has 2 aromatic carbocycles. The van der Waals surface area contributed by atoms with Crippen molar-refractivity contribution in [2.45, 2.75) is 39.9 Å². The number of benzene rings is 2. The van der Waals surface area contributed by atoms with E-state index in [1.54, 1.807) is 64.1 Å². The van der Waals surface area contributed by atoms with Gasteiger partial charge in [0.2, 0.25) is 0 Å². The highest BCUT2D eigenvalue weighted by atomic mass is 16.7. The number of rotatable bonds is 4. The van der Waals surface area contributed by atoms with Gasteiger partial charge in [0.1, 0.15) is 11.5 Å². The van der Waals surface area contributed by atoms with Crippen LogP contribution in [-0.2, 0) is 9.47 Å². The topological polar surface area (TPSA) is 71.1 Å². The number of ether oxygens (including phenoxy) is 4. The van der Waals surface area contributed by atoms with Crippen molar-refractivity contribution < 1.29 is 28.5 Å². The Labute approximate surface area is 140 Å². The largest absolute Gasteiger partial charge is 0.514 e. The Morgan fingerprint density at radius 1 is 0.708 bits per heavy atom. The fourth-order valence-electron chi connectivity index (χ4n) is 2.03. The summed E-state index contributed by atoms with van der Waals surface area (Å²) in [6, 6.07) is 10.2. The van der Waals surface area contributed by atoms with E-state index in [1.165, 1.54) is 0 Å². The molecule has 0 unspecified atom stereocenters. The molecule has 0 aliphatic carbocycles. The van der Waals surface area contributed by atoms with Crippen molar-refractivity contribution in [3.63, 3.8) is 0 Å². The number of carbonyl (C=O) groups is 2. The molecule has 2 aromatic rings. The highest BCUT2D eigenvalue weighted by Crippen LogP contribution is 2.33. The highest BCUT2D eigenvalue weighted by Gasteiger charge is 2.16. The summed E-state index contributed by atoms with van der Waals surface area (Å²) in [5.74, 6) is 0.640. The second kappa shape index (κ2) is 7.68. The molecular formula is C18H20O6. The van der Waals surface area contributed by atoms with E-state index in [1.807, 2.05) is 0 Å². The van der Waals surface area contributed by atoms with E-state index in [9.17, 15) is 9.59 Å². The van der Waals surface area contributed by atoms with Crippen LogP contribution in [0.1, 0.15) is 27.7 Å². The van der Waals surface area contributed by atoms with E-state index in [0.29, 0.717) is 22.3 Å². The smallest absolute Gasteiger partial charge is 0.431 e. The summed E-state index contributed by atoms with van der Waals surface area (Å²) in [4.78, 5) is 23.4. The molecule has 0 saturated carbocycles. The van der Waals surface area contributed by atoms with Gasteiger partial charge in [0.25, 0.3) is 0 Å². The van der Waals surface area contributed by atoms with Crippen molar-refractivity contribution in [1.82, 2.24) is 0 Å². The van der Waals surface area contributed by atoms with E-state index in [0.717, 1.165) is 0 Å². The quantitative estimate of drug-likeness (QED) is 0.597. The van der Waals surface area contributed by atoms with Crippen LogP contribution in [0.25, 0.3) is 10.8 Å². The molecule has 0 aliphatic rings. The Balaban J connectivity index is 2.29. The van der Waals surface area contributed by atoms with Crippen LogP contribution in [0.3, 0.4) is 0 Å². The molecule has 128 valence electrons. The fraction of sp³-hybridized carbons (Fsp3) is 0.333. The van der Waals surface area contributed by atoms with E-state index in [-0.39, 0.29) is 12.2 Å². The molecule has 0 bridgehead atoms. The standard InChI is InChI=1S/C18H20O6/c1-11(2)21-17(19)23-15-9-10-16(24-18(20)22-12(3)4)14-8-6-5-7-13(14)15/h5-12H,1-4H3. The van der Waals surface area contributed by atoms with Gasteiger partial charge in [-0.1, -0.05) is 24.3 Å². The molecule has 6 nitrogen and oxygen atoms in total.